The van der Waals surface area contributed by atoms with E-state index in [4.69, 9.17) is 17.0 Å². The number of ether oxygens (including phenoxy) is 1. The molecule has 0 spiro atoms. The van der Waals surface area contributed by atoms with Gasteiger partial charge in [-0.25, -0.2) is 0 Å². The molecule has 1 amide bonds. The first-order valence-corrected chi connectivity index (χ1v) is 7.54. The Kier molecular flexibility index (Phi) is 5.08. The van der Waals surface area contributed by atoms with Gasteiger partial charge in [0.05, 0.1) is 11.0 Å². The molecule has 0 aliphatic carbocycles. The van der Waals surface area contributed by atoms with Gasteiger partial charge in [0.2, 0.25) is 0 Å². The smallest absolute Gasteiger partial charge is 0.326 e. The zero-order valence-electron chi connectivity index (χ0n) is 11.6. The fourth-order valence-electron chi connectivity index (χ4n) is 1.68. The third-order valence-electron chi connectivity index (χ3n) is 2.51. The maximum absolute atomic E-state index is 12.3. The molecule has 5 nitrogen and oxygen atoms in total. The van der Waals surface area contributed by atoms with Crippen LogP contribution in [0.3, 0.4) is 0 Å². The molecule has 0 bridgehead atoms. The summed E-state index contributed by atoms with van der Waals surface area (Å²) in [6.07, 6.45) is 4.80. The second kappa shape index (κ2) is 6.82. The molecule has 0 unspecified atom stereocenters. The monoisotopic (exact) mass is 322 g/mol. The molecule has 1 aromatic heterocycles. The van der Waals surface area contributed by atoms with Gasteiger partial charge in [-0.15, -0.1) is 0 Å². The van der Waals surface area contributed by atoms with Crippen LogP contribution in [0.15, 0.2) is 29.4 Å². The van der Waals surface area contributed by atoms with E-state index in [1.54, 1.807) is 38.4 Å². The summed E-state index contributed by atoms with van der Waals surface area (Å²) in [4.78, 5) is 29.6. The SMILES string of the molecule is CC(C)OC(=O)CN1C(=O)C(=Cc2cccnc2)SC1=S. The fraction of sp³-hybridized carbons (Fsp3) is 0.286. The Morgan fingerprint density at radius 1 is 1.57 bits per heavy atom. The van der Waals surface area contributed by atoms with Gasteiger partial charge in [0.25, 0.3) is 5.91 Å². The van der Waals surface area contributed by atoms with Crippen LogP contribution in [0.2, 0.25) is 0 Å². The summed E-state index contributed by atoms with van der Waals surface area (Å²) in [6.45, 7) is 3.35. The molecular weight excluding hydrogens is 308 g/mol. The van der Waals surface area contributed by atoms with Gasteiger partial charge < -0.3 is 4.74 Å². The van der Waals surface area contributed by atoms with Gasteiger partial charge in [-0.1, -0.05) is 30.0 Å². The summed E-state index contributed by atoms with van der Waals surface area (Å²) < 4.78 is 5.39. The Bertz CT molecular complexity index is 599. The Balaban J connectivity index is 2.10. The number of amides is 1. The van der Waals surface area contributed by atoms with Crippen molar-refractivity contribution in [3.8, 4) is 0 Å². The Labute approximate surface area is 132 Å². The van der Waals surface area contributed by atoms with E-state index in [1.165, 1.54) is 16.7 Å². The molecule has 0 aromatic carbocycles. The van der Waals surface area contributed by atoms with Crippen molar-refractivity contribution in [3.63, 3.8) is 0 Å². The third-order valence-corrected chi connectivity index (χ3v) is 3.89. The first-order chi connectivity index (χ1) is 9.97. The fourth-order valence-corrected chi connectivity index (χ4v) is 2.93. The van der Waals surface area contributed by atoms with Crippen LogP contribution >= 0.6 is 24.0 Å². The molecule has 1 aliphatic heterocycles. The standard InChI is InChI=1S/C14H14N2O3S2/c1-9(2)19-12(17)8-16-13(18)11(21-14(16)20)6-10-4-3-5-15-7-10/h3-7,9H,8H2,1-2H3. The average molecular weight is 322 g/mol. The van der Waals surface area contributed by atoms with E-state index in [2.05, 4.69) is 4.98 Å². The lowest BCUT2D eigenvalue weighted by Crippen LogP contribution is -2.35. The van der Waals surface area contributed by atoms with Crippen molar-refractivity contribution in [3.05, 3.63) is 35.0 Å². The maximum atomic E-state index is 12.3. The summed E-state index contributed by atoms with van der Waals surface area (Å²) in [5.74, 6) is -0.751. The number of thiocarbonyl (C=S) groups is 1. The molecule has 1 saturated heterocycles. The minimum Gasteiger partial charge on any atom is -0.462 e. The van der Waals surface area contributed by atoms with Crippen molar-refractivity contribution in [1.29, 1.82) is 0 Å². The third kappa shape index (κ3) is 4.12. The zero-order valence-corrected chi connectivity index (χ0v) is 13.2. The topological polar surface area (TPSA) is 59.5 Å². The Hall–Kier alpha value is -1.73. The number of rotatable bonds is 4. The normalized spacial score (nSPS) is 16.9. The number of hydrogen-bond acceptors (Lipinski definition) is 6. The Morgan fingerprint density at radius 2 is 2.33 bits per heavy atom. The summed E-state index contributed by atoms with van der Waals surface area (Å²) in [6, 6.07) is 3.62. The maximum Gasteiger partial charge on any atom is 0.326 e. The van der Waals surface area contributed by atoms with Crippen molar-refractivity contribution in [2.75, 3.05) is 6.54 Å². The lowest BCUT2D eigenvalue weighted by Gasteiger charge is -2.14. The predicted octanol–water partition coefficient (Wildman–Crippen LogP) is 2.23. The second-order valence-electron chi connectivity index (χ2n) is 4.59. The number of carbonyl (C=O) groups is 2. The molecule has 1 aliphatic rings. The van der Waals surface area contributed by atoms with Gasteiger partial charge in [0.1, 0.15) is 10.9 Å². The highest BCUT2D eigenvalue weighted by atomic mass is 32.2. The van der Waals surface area contributed by atoms with E-state index in [-0.39, 0.29) is 18.6 Å². The van der Waals surface area contributed by atoms with Crippen LogP contribution in [0.4, 0.5) is 0 Å². The van der Waals surface area contributed by atoms with E-state index in [0.29, 0.717) is 9.23 Å². The summed E-state index contributed by atoms with van der Waals surface area (Å²) in [7, 11) is 0. The van der Waals surface area contributed by atoms with E-state index < -0.39 is 5.97 Å². The van der Waals surface area contributed by atoms with Gasteiger partial charge in [-0.2, -0.15) is 0 Å². The molecule has 0 N–H and O–H groups in total. The van der Waals surface area contributed by atoms with Gasteiger partial charge in [-0.05, 0) is 31.6 Å². The van der Waals surface area contributed by atoms with Gasteiger partial charge in [-0.3, -0.25) is 19.5 Å². The minimum absolute atomic E-state index is 0.159. The van der Waals surface area contributed by atoms with Crippen LogP contribution in [-0.2, 0) is 14.3 Å². The van der Waals surface area contributed by atoms with Crippen LogP contribution in [0.5, 0.6) is 0 Å². The molecule has 0 atom stereocenters. The number of carbonyl (C=O) groups excluding carboxylic acids is 2. The van der Waals surface area contributed by atoms with E-state index in [0.717, 1.165) is 5.56 Å². The minimum atomic E-state index is -0.469. The molecule has 0 saturated carbocycles. The van der Waals surface area contributed by atoms with Crippen LogP contribution in [0, 0.1) is 0 Å². The van der Waals surface area contributed by atoms with Gasteiger partial charge in [0, 0.05) is 12.4 Å². The molecule has 7 heteroatoms. The van der Waals surface area contributed by atoms with E-state index in [1.807, 2.05) is 6.07 Å². The number of pyridine rings is 1. The summed E-state index contributed by atoms with van der Waals surface area (Å²) in [5, 5.41) is 0. The molecular formula is C14H14N2O3S2. The van der Waals surface area contributed by atoms with Crippen molar-refractivity contribution in [2.45, 2.75) is 20.0 Å². The molecule has 110 valence electrons. The quantitative estimate of drug-likeness (QED) is 0.481. The zero-order chi connectivity index (χ0) is 15.4. The highest BCUT2D eigenvalue weighted by Gasteiger charge is 2.33. The largest absolute Gasteiger partial charge is 0.462 e. The molecule has 1 fully saturated rings. The molecule has 0 radical (unpaired) electrons. The van der Waals surface area contributed by atoms with Crippen molar-refractivity contribution < 1.29 is 14.3 Å². The number of thioether (sulfide) groups is 1. The first-order valence-electron chi connectivity index (χ1n) is 6.32. The molecule has 2 rings (SSSR count). The molecule has 21 heavy (non-hydrogen) atoms. The number of hydrogen-bond donors (Lipinski definition) is 0. The molecule has 2 heterocycles. The highest BCUT2D eigenvalue weighted by Crippen LogP contribution is 2.32. The van der Waals surface area contributed by atoms with Crippen LogP contribution in [0.25, 0.3) is 6.08 Å². The summed E-state index contributed by atoms with van der Waals surface area (Å²) >= 11 is 6.32. The number of nitrogens with zero attached hydrogens (tertiary/aromatic N) is 2. The number of esters is 1. The van der Waals surface area contributed by atoms with Crippen molar-refractivity contribution >= 4 is 46.3 Å². The lowest BCUT2D eigenvalue weighted by atomic mass is 10.2. The van der Waals surface area contributed by atoms with Crippen LogP contribution in [-0.4, -0.2) is 38.7 Å². The van der Waals surface area contributed by atoms with E-state index >= 15 is 0 Å². The molecule has 1 aromatic rings. The van der Waals surface area contributed by atoms with Crippen molar-refractivity contribution in [2.24, 2.45) is 0 Å². The van der Waals surface area contributed by atoms with E-state index in [9.17, 15) is 9.59 Å². The van der Waals surface area contributed by atoms with Gasteiger partial charge in [0.15, 0.2) is 0 Å². The first kappa shape index (κ1) is 15.7. The second-order valence-corrected chi connectivity index (χ2v) is 6.27. The van der Waals surface area contributed by atoms with Crippen LogP contribution in [0.1, 0.15) is 19.4 Å². The summed E-state index contributed by atoms with van der Waals surface area (Å²) in [5.41, 5.74) is 0.808. The van der Waals surface area contributed by atoms with Crippen molar-refractivity contribution in [1.82, 2.24) is 9.88 Å². The van der Waals surface area contributed by atoms with Gasteiger partial charge >= 0.3 is 5.97 Å². The highest BCUT2D eigenvalue weighted by molar-refractivity contribution is 8.26. The predicted molar refractivity (Wildman–Crippen MR) is 85.3 cm³/mol. The lowest BCUT2D eigenvalue weighted by molar-refractivity contribution is -0.149. The van der Waals surface area contributed by atoms with Crippen LogP contribution < -0.4 is 0 Å². The Morgan fingerprint density at radius 3 is 2.95 bits per heavy atom. The average Bonchev–Trinajstić information content (AvgIpc) is 2.67. The number of aromatic nitrogens is 1.